The second-order valence-corrected chi connectivity index (χ2v) is 7.40. The molecule has 0 bridgehead atoms. The maximum atomic E-state index is 4.36. The molecule has 0 amide bonds. The quantitative estimate of drug-likeness (QED) is 0.725. The van der Waals surface area contributed by atoms with Crippen molar-refractivity contribution in [2.45, 2.75) is 39.3 Å². The number of hydrogen-bond acceptors (Lipinski definition) is 4. The van der Waals surface area contributed by atoms with E-state index in [0.717, 1.165) is 44.1 Å². The molecule has 1 aliphatic rings. The molecule has 4 rings (SSSR count). The Kier molecular flexibility index (Phi) is 5.21. The summed E-state index contributed by atoms with van der Waals surface area (Å²) >= 11 is 0. The van der Waals surface area contributed by atoms with Gasteiger partial charge >= 0.3 is 0 Å². The second kappa shape index (κ2) is 7.92. The molecular weight excluding hydrogens is 334 g/mol. The summed E-state index contributed by atoms with van der Waals surface area (Å²) in [6, 6.07) is 18.2. The van der Waals surface area contributed by atoms with Crippen LogP contribution in [0.1, 0.15) is 30.1 Å². The highest BCUT2D eigenvalue weighted by atomic mass is 15.2. The van der Waals surface area contributed by atoms with E-state index >= 15 is 0 Å². The van der Waals surface area contributed by atoms with Crippen molar-refractivity contribution in [1.29, 1.82) is 0 Å². The number of aromatic amines is 1. The molecule has 1 fully saturated rings. The Morgan fingerprint density at radius 2 is 1.78 bits per heavy atom. The van der Waals surface area contributed by atoms with Gasteiger partial charge in [0, 0.05) is 24.8 Å². The fourth-order valence-corrected chi connectivity index (χ4v) is 3.75. The minimum atomic E-state index is 0.528. The van der Waals surface area contributed by atoms with Crippen molar-refractivity contribution < 1.29 is 0 Å². The first-order valence-corrected chi connectivity index (χ1v) is 9.71. The molecule has 1 aromatic heterocycles. The van der Waals surface area contributed by atoms with Gasteiger partial charge in [-0.05, 0) is 49.9 Å². The summed E-state index contributed by atoms with van der Waals surface area (Å²) in [4.78, 5) is 6.86. The summed E-state index contributed by atoms with van der Waals surface area (Å²) in [5.41, 5.74) is 5.19. The Morgan fingerprint density at radius 1 is 1.04 bits per heavy atom. The van der Waals surface area contributed by atoms with Crippen LogP contribution < -0.4 is 10.2 Å². The number of rotatable bonds is 5. The smallest absolute Gasteiger partial charge is 0.164 e. The van der Waals surface area contributed by atoms with E-state index in [9.17, 15) is 0 Å². The largest absolute Gasteiger partial charge is 0.371 e. The van der Waals surface area contributed by atoms with Gasteiger partial charge in [-0.2, -0.15) is 5.10 Å². The van der Waals surface area contributed by atoms with E-state index in [1.807, 2.05) is 6.92 Å². The van der Waals surface area contributed by atoms with E-state index < -0.39 is 0 Å². The molecule has 2 heterocycles. The summed E-state index contributed by atoms with van der Waals surface area (Å²) in [5, 5.41) is 10.7. The molecule has 2 aromatic carbocycles. The maximum Gasteiger partial charge on any atom is 0.164 e. The number of aryl methyl sites for hydroxylation is 2. The van der Waals surface area contributed by atoms with Gasteiger partial charge in [0.25, 0.3) is 0 Å². The van der Waals surface area contributed by atoms with Crippen LogP contribution in [0.15, 0.2) is 48.5 Å². The molecule has 2 N–H and O–H groups in total. The van der Waals surface area contributed by atoms with E-state index in [4.69, 9.17) is 0 Å². The average molecular weight is 361 g/mol. The van der Waals surface area contributed by atoms with Gasteiger partial charge in [-0.25, -0.2) is 4.98 Å². The lowest BCUT2D eigenvalue weighted by Crippen LogP contribution is -2.42. The summed E-state index contributed by atoms with van der Waals surface area (Å²) in [5.74, 6) is 1.72. The third-order valence-electron chi connectivity index (χ3n) is 5.25. The molecule has 0 unspecified atom stereocenters. The minimum absolute atomic E-state index is 0.528. The highest BCUT2D eigenvalue weighted by Gasteiger charge is 2.19. The zero-order valence-corrected chi connectivity index (χ0v) is 16.1. The van der Waals surface area contributed by atoms with E-state index in [-0.39, 0.29) is 0 Å². The van der Waals surface area contributed by atoms with Crippen LogP contribution in [0, 0.1) is 13.8 Å². The Bertz CT molecular complexity index is 893. The van der Waals surface area contributed by atoms with E-state index in [1.54, 1.807) is 0 Å². The van der Waals surface area contributed by atoms with Gasteiger partial charge in [-0.1, -0.05) is 42.0 Å². The van der Waals surface area contributed by atoms with Crippen molar-refractivity contribution in [1.82, 2.24) is 20.5 Å². The molecular formula is C22H27N5. The first-order chi connectivity index (χ1) is 13.2. The van der Waals surface area contributed by atoms with Crippen molar-refractivity contribution >= 4 is 5.69 Å². The molecule has 1 aliphatic heterocycles. The van der Waals surface area contributed by atoms with Crippen LogP contribution in [-0.2, 0) is 6.54 Å². The summed E-state index contributed by atoms with van der Waals surface area (Å²) in [7, 11) is 0. The molecule has 0 saturated carbocycles. The summed E-state index contributed by atoms with van der Waals surface area (Å²) in [6.45, 7) is 6.95. The lowest BCUT2D eigenvalue weighted by Gasteiger charge is -2.34. The first kappa shape index (κ1) is 17.7. The van der Waals surface area contributed by atoms with Crippen LogP contribution in [0.3, 0.4) is 0 Å². The predicted octanol–water partition coefficient (Wildman–Crippen LogP) is 3.85. The predicted molar refractivity (Wildman–Crippen MR) is 110 cm³/mol. The number of piperidine rings is 1. The van der Waals surface area contributed by atoms with Gasteiger partial charge < -0.3 is 10.2 Å². The van der Waals surface area contributed by atoms with Gasteiger partial charge in [-0.3, -0.25) is 5.10 Å². The summed E-state index contributed by atoms with van der Waals surface area (Å²) < 4.78 is 0. The van der Waals surface area contributed by atoms with E-state index in [2.05, 4.69) is 80.9 Å². The van der Waals surface area contributed by atoms with Gasteiger partial charge in [0.05, 0.1) is 6.54 Å². The van der Waals surface area contributed by atoms with Gasteiger partial charge in [0.2, 0.25) is 0 Å². The van der Waals surface area contributed by atoms with Gasteiger partial charge in [0.15, 0.2) is 5.82 Å². The molecule has 0 spiro atoms. The number of H-pyrrole nitrogens is 1. The van der Waals surface area contributed by atoms with Crippen LogP contribution in [-0.4, -0.2) is 34.3 Å². The molecule has 27 heavy (non-hydrogen) atoms. The average Bonchev–Trinajstić information content (AvgIpc) is 3.12. The zero-order chi connectivity index (χ0) is 18.6. The molecule has 0 radical (unpaired) electrons. The molecule has 5 nitrogen and oxygen atoms in total. The number of benzene rings is 2. The second-order valence-electron chi connectivity index (χ2n) is 7.40. The third kappa shape index (κ3) is 4.37. The van der Waals surface area contributed by atoms with Gasteiger partial charge in [0.1, 0.15) is 5.82 Å². The standard InChI is InChI=1S/C22H27N5/c1-16-5-3-6-18(13-16)19-7-4-8-21(14-19)27-11-9-20(10-12-27)23-15-22-24-17(2)25-26-22/h3-8,13-14,20,23H,9-12,15H2,1-2H3,(H,24,25,26). The molecule has 140 valence electrons. The zero-order valence-electron chi connectivity index (χ0n) is 16.1. The monoisotopic (exact) mass is 361 g/mol. The summed E-state index contributed by atoms with van der Waals surface area (Å²) in [6.07, 6.45) is 2.27. The highest BCUT2D eigenvalue weighted by Crippen LogP contribution is 2.27. The molecule has 0 atom stereocenters. The fourth-order valence-electron chi connectivity index (χ4n) is 3.75. The van der Waals surface area contributed by atoms with Crippen LogP contribution in [0.4, 0.5) is 5.69 Å². The number of aromatic nitrogens is 3. The van der Waals surface area contributed by atoms with Crippen LogP contribution >= 0.6 is 0 Å². The number of nitrogens with one attached hydrogen (secondary N) is 2. The third-order valence-corrected chi connectivity index (χ3v) is 5.25. The Morgan fingerprint density at radius 3 is 2.48 bits per heavy atom. The number of hydrogen-bond donors (Lipinski definition) is 2. The fraction of sp³-hybridized carbons (Fsp3) is 0.364. The normalized spacial score (nSPS) is 15.3. The van der Waals surface area contributed by atoms with Crippen LogP contribution in [0.5, 0.6) is 0 Å². The van der Waals surface area contributed by atoms with E-state index in [0.29, 0.717) is 6.04 Å². The van der Waals surface area contributed by atoms with Crippen molar-refractivity contribution in [3.8, 4) is 11.1 Å². The lowest BCUT2D eigenvalue weighted by atomic mass is 10.0. The lowest BCUT2D eigenvalue weighted by molar-refractivity contribution is 0.410. The van der Waals surface area contributed by atoms with Crippen molar-refractivity contribution in [2.75, 3.05) is 18.0 Å². The first-order valence-electron chi connectivity index (χ1n) is 9.71. The topological polar surface area (TPSA) is 56.8 Å². The Hall–Kier alpha value is -2.66. The minimum Gasteiger partial charge on any atom is -0.371 e. The van der Waals surface area contributed by atoms with Crippen LogP contribution in [0.25, 0.3) is 11.1 Å². The highest BCUT2D eigenvalue weighted by molar-refractivity contribution is 5.69. The van der Waals surface area contributed by atoms with Crippen molar-refractivity contribution in [2.24, 2.45) is 0 Å². The molecule has 5 heteroatoms. The van der Waals surface area contributed by atoms with Gasteiger partial charge in [-0.15, -0.1) is 0 Å². The van der Waals surface area contributed by atoms with Crippen LogP contribution in [0.2, 0.25) is 0 Å². The van der Waals surface area contributed by atoms with E-state index in [1.165, 1.54) is 22.4 Å². The SMILES string of the molecule is Cc1cccc(-c2cccc(N3CCC(NCc4n[nH]c(C)n4)CC3)c2)c1. The van der Waals surface area contributed by atoms with Crippen molar-refractivity contribution in [3.63, 3.8) is 0 Å². The molecule has 0 aliphatic carbocycles. The number of anilines is 1. The molecule has 1 saturated heterocycles. The number of nitrogens with zero attached hydrogens (tertiary/aromatic N) is 3. The van der Waals surface area contributed by atoms with Crippen molar-refractivity contribution in [3.05, 3.63) is 65.7 Å². The molecule has 3 aromatic rings. The maximum absolute atomic E-state index is 4.36. The Labute approximate surface area is 160 Å². The Balaban J connectivity index is 1.36.